The molecule has 6 heavy (non-hydrogen) atoms. The zero-order valence-corrected chi connectivity index (χ0v) is 5.33. The summed E-state index contributed by atoms with van der Waals surface area (Å²) in [5, 5.41) is 0. The second-order valence-electron chi connectivity index (χ2n) is 0.591. The molecule has 3 heteroatoms. The van der Waals surface area contributed by atoms with Gasteiger partial charge in [0.15, 0.2) is 0 Å². The van der Waals surface area contributed by atoms with E-state index >= 15 is 0 Å². The molecule has 0 saturated heterocycles. The van der Waals surface area contributed by atoms with Crippen LogP contribution in [0.2, 0.25) is 0 Å². The molecule has 0 unspecified atom stereocenters. The van der Waals surface area contributed by atoms with Crippen LogP contribution in [0.25, 0.3) is 0 Å². The fraction of sp³-hybridized carbons (Fsp3) is 0. The quantitative estimate of drug-likeness (QED) is 0.631. The number of carbonyl (C=O) groups is 1. The summed E-state index contributed by atoms with van der Waals surface area (Å²) in [6.07, 6.45) is 1.11. The van der Waals surface area contributed by atoms with Crippen molar-refractivity contribution >= 4 is 5.97 Å². The van der Waals surface area contributed by atoms with Crippen molar-refractivity contribution in [2.75, 3.05) is 0 Å². The molecule has 36 valence electrons. The van der Waals surface area contributed by atoms with Gasteiger partial charge in [-0.1, -0.05) is 0 Å². The van der Waals surface area contributed by atoms with Crippen LogP contribution in [0.15, 0.2) is 12.7 Å². The molecule has 0 rings (SSSR count). The van der Waals surface area contributed by atoms with Crippen LogP contribution in [0.4, 0.5) is 0 Å². The van der Waals surface area contributed by atoms with Gasteiger partial charge in [0.2, 0.25) is 0 Å². The molecule has 0 N–H and O–H groups in total. The van der Waals surface area contributed by atoms with Crippen molar-refractivity contribution < 1.29 is 27.6 Å². The molecule has 0 spiro atoms. The zero-order chi connectivity index (χ0) is 4.99. The van der Waals surface area contributed by atoms with Gasteiger partial charge in [-0.15, -0.1) is 0 Å². The van der Waals surface area contributed by atoms with Gasteiger partial charge in [0, 0.05) is 0 Å². The topological polar surface area (TPSA) is 26.3 Å². The normalized spacial score (nSPS) is 7.00. The first-order valence-electron chi connectivity index (χ1n) is 1.24. The van der Waals surface area contributed by atoms with Crippen LogP contribution in [-0.2, 0) is 27.6 Å². The van der Waals surface area contributed by atoms with Gasteiger partial charge in [-0.25, -0.2) is 0 Å². The van der Waals surface area contributed by atoms with Crippen LogP contribution < -0.4 is 0 Å². The van der Waals surface area contributed by atoms with E-state index in [1.165, 1.54) is 19.3 Å². The summed E-state index contributed by atoms with van der Waals surface area (Å²) < 4.78 is 4.14. The first-order chi connectivity index (χ1) is 2.81. The molecule has 0 aliphatic heterocycles. The number of hydrogen-bond acceptors (Lipinski definition) is 2. The van der Waals surface area contributed by atoms with Gasteiger partial charge in [0.1, 0.15) is 0 Å². The molecule has 0 bridgehead atoms. The number of hydrogen-bond donors (Lipinski definition) is 0. The molecule has 0 aromatic heterocycles. The van der Waals surface area contributed by atoms with Crippen LogP contribution in [0.1, 0.15) is 0 Å². The Balaban J connectivity index is 3.23. The Morgan fingerprint density at radius 3 is 2.50 bits per heavy atom. The van der Waals surface area contributed by atoms with Gasteiger partial charge in [-0.05, 0) is 0 Å². The van der Waals surface area contributed by atoms with Crippen LogP contribution in [0.5, 0.6) is 0 Å². The molecule has 0 amide bonds. The van der Waals surface area contributed by atoms with Gasteiger partial charge in [-0.3, -0.25) is 0 Å². The van der Waals surface area contributed by atoms with Gasteiger partial charge in [-0.2, -0.15) is 0 Å². The fourth-order valence-electron chi connectivity index (χ4n) is 0.0278. The number of carbonyl (C=O) groups excluding carboxylic acids is 1. The summed E-state index contributed by atoms with van der Waals surface area (Å²) in [7, 11) is 0. The Kier molecular flexibility index (Phi) is 2.99. The van der Waals surface area contributed by atoms with Crippen LogP contribution in [0.3, 0.4) is 0 Å². The van der Waals surface area contributed by atoms with Gasteiger partial charge >= 0.3 is 46.2 Å². The summed E-state index contributed by atoms with van der Waals surface area (Å²) in [6.45, 7) is 3.16. The average molecular weight is 263 g/mol. The molecule has 0 fully saturated rings. The molecule has 0 aromatic rings. The minimum absolute atomic E-state index is 0.394. The Morgan fingerprint density at radius 1 is 2.00 bits per heavy atom. The van der Waals surface area contributed by atoms with Crippen molar-refractivity contribution in [1.29, 1.82) is 0 Å². The summed E-state index contributed by atoms with van der Waals surface area (Å²) >= 11 is 1.31. The Morgan fingerprint density at radius 2 is 2.50 bits per heavy atom. The first kappa shape index (κ1) is 5.86. The molecule has 2 nitrogen and oxygen atoms in total. The summed E-state index contributed by atoms with van der Waals surface area (Å²) in [5.41, 5.74) is 0. The third kappa shape index (κ3) is 2.12. The minimum atomic E-state index is -0.394. The van der Waals surface area contributed by atoms with Gasteiger partial charge < -0.3 is 0 Å². The van der Waals surface area contributed by atoms with E-state index in [0.717, 1.165) is 6.08 Å². The molecule has 0 aliphatic carbocycles. The third-order valence-electron chi connectivity index (χ3n) is 0.234. The van der Waals surface area contributed by atoms with E-state index in [1.807, 2.05) is 0 Å². The van der Waals surface area contributed by atoms with E-state index < -0.39 is 5.97 Å². The maximum atomic E-state index is 9.84. The van der Waals surface area contributed by atoms with E-state index in [1.54, 1.807) is 0 Å². The monoisotopic (exact) mass is 264 g/mol. The SMILES string of the molecule is C=CC(=O)[O][Ir]. The summed E-state index contributed by atoms with van der Waals surface area (Å²) in [5.74, 6) is -0.394. The summed E-state index contributed by atoms with van der Waals surface area (Å²) in [4.78, 5) is 9.84. The molecular weight excluding hydrogens is 260 g/mol. The Bertz CT molecular complexity index is 69.2. The molecule has 0 atom stereocenters. The van der Waals surface area contributed by atoms with Crippen molar-refractivity contribution in [3.63, 3.8) is 0 Å². The van der Waals surface area contributed by atoms with Crippen molar-refractivity contribution in [2.45, 2.75) is 0 Å². The second kappa shape index (κ2) is 3.07. The van der Waals surface area contributed by atoms with Crippen molar-refractivity contribution in [2.24, 2.45) is 0 Å². The third-order valence-corrected chi connectivity index (χ3v) is 0.716. The molecule has 0 radical (unpaired) electrons. The van der Waals surface area contributed by atoms with Crippen molar-refractivity contribution in [3.8, 4) is 0 Å². The maximum absolute atomic E-state index is 9.84. The fourth-order valence-corrected chi connectivity index (χ4v) is 0.227. The molecular formula is C3H3IrO2. The Hall–Kier alpha value is -0.141. The second-order valence-corrected chi connectivity index (χ2v) is 1.08. The van der Waals surface area contributed by atoms with Gasteiger partial charge in [0.25, 0.3) is 0 Å². The van der Waals surface area contributed by atoms with Crippen LogP contribution in [0, 0.1) is 0 Å². The standard InChI is InChI=1S/C3H4O2.Ir/c1-2-3(4)5;/h2H,1H2,(H,4,5);/q;+1/p-1. The average Bonchev–Trinajstić information content (AvgIpc) is 1.65. The van der Waals surface area contributed by atoms with E-state index in [0.29, 0.717) is 0 Å². The van der Waals surface area contributed by atoms with E-state index in [2.05, 4.69) is 10.1 Å². The van der Waals surface area contributed by atoms with E-state index in [-0.39, 0.29) is 0 Å². The molecule has 0 saturated carbocycles. The van der Waals surface area contributed by atoms with Crippen LogP contribution in [-0.4, -0.2) is 5.97 Å². The van der Waals surface area contributed by atoms with E-state index in [4.69, 9.17) is 0 Å². The van der Waals surface area contributed by atoms with Crippen molar-refractivity contribution in [1.82, 2.24) is 0 Å². The Labute approximate surface area is 46.8 Å². The summed E-state index contributed by atoms with van der Waals surface area (Å²) in [6, 6.07) is 0. The predicted molar refractivity (Wildman–Crippen MR) is 16.3 cm³/mol. The first-order valence-corrected chi connectivity index (χ1v) is 2.22. The number of rotatable bonds is 1. The zero-order valence-electron chi connectivity index (χ0n) is 2.93. The van der Waals surface area contributed by atoms with Gasteiger partial charge in [0.05, 0.1) is 0 Å². The van der Waals surface area contributed by atoms with Crippen LogP contribution >= 0.6 is 0 Å². The van der Waals surface area contributed by atoms with Crippen molar-refractivity contribution in [3.05, 3.63) is 12.7 Å². The van der Waals surface area contributed by atoms with E-state index in [9.17, 15) is 4.79 Å². The predicted octanol–water partition coefficient (Wildman–Crippen LogP) is 0.177. The molecule has 0 aliphatic rings. The molecule has 0 aromatic carbocycles. The molecule has 0 heterocycles.